The highest BCUT2D eigenvalue weighted by atomic mass is 16.6. The molecule has 0 radical (unpaired) electrons. The van der Waals surface area contributed by atoms with Crippen LogP contribution in [0.5, 0.6) is 0 Å². The fraction of sp³-hybridized carbons (Fsp3) is 0.846. The molecule has 3 aliphatic carbocycles. The smallest absolute Gasteiger partial charge is 0.411 e. The molecular formula is C13H17NO4. The summed E-state index contributed by atoms with van der Waals surface area (Å²) in [5.74, 6) is -0.138. The highest BCUT2D eigenvalue weighted by molar-refractivity contribution is 5.87. The van der Waals surface area contributed by atoms with E-state index >= 15 is 0 Å². The summed E-state index contributed by atoms with van der Waals surface area (Å²) in [6.07, 6.45) is 1.54. The third-order valence-corrected chi connectivity index (χ3v) is 5.43. The second-order valence-corrected chi connectivity index (χ2v) is 7.17. The summed E-state index contributed by atoms with van der Waals surface area (Å²) >= 11 is 0. The van der Waals surface area contributed by atoms with E-state index in [1.807, 2.05) is 20.8 Å². The molecule has 2 heterocycles. The van der Waals surface area contributed by atoms with Crippen molar-refractivity contribution >= 4 is 12.1 Å². The van der Waals surface area contributed by atoms with Crippen molar-refractivity contribution in [1.82, 2.24) is 4.90 Å². The summed E-state index contributed by atoms with van der Waals surface area (Å²) in [7, 11) is 0. The van der Waals surface area contributed by atoms with Crippen LogP contribution in [-0.4, -0.2) is 39.3 Å². The molecule has 2 saturated heterocycles. The molecular weight excluding hydrogens is 234 g/mol. The number of carbonyl (C=O) groups is 2. The summed E-state index contributed by atoms with van der Waals surface area (Å²) in [4.78, 5) is 25.2. The molecule has 5 unspecified atom stereocenters. The Morgan fingerprint density at radius 1 is 1.33 bits per heavy atom. The molecule has 98 valence electrons. The molecule has 0 aromatic rings. The first-order valence-electron chi connectivity index (χ1n) is 6.51. The average molecular weight is 251 g/mol. The predicted molar refractivity (Wildman–Crippen MR) is 60.9 cm³/mol. The maximum atomic E-state index is 12.2. The number of fused-ring (bicyclic) bond motifs is 1. The Balaban J connectivity index is 1.64. The molecule has 5 nitrogen and oxygen atoms in total. The average Bonchev–Trinajstić information content (AvgIpc) is 2.95. The van der Waals surface area contributed by atoms with Crippen LogP contribution in [0.4, 0.5) is 4.79 Å². The number of carboxylic acid groups (broad SMARTS) is 1. The minimum atomic E-state index is -0.880. The largest absolute Gasteiger partial charge is 0.480 e. The van der Waals surface area contributed by atoms with Crippen molar-refractivity contribution in [3.63, 3.8) is 0 Å². The Kier molecular flexibility index (Phi) is 1.42. The number of nitrogens with zero attached hydrogens (tertiary/aromatic N) is 1. The van der Waals surface area contributed by atoms with Crippen LogP contribution in [-0.2, 0) is 9.53 Å². The maximum absolute atomic E-state index is 12.2. The van der Waals surface area contributed by atoms with Crippen LogP contribution >= 0.6 is 0 Å². The number of ether oxygens (including phenoxy) is 1. The molecule has 5 fully saturated rings. The summed E-state index contributed by atoms with van der Waals surface area (Å²) in [5, 5.41) is 9.35. The number of hydrogen-bond donors (Lipinski definition) is 1. The van der Waals surface area contributed by atoms with Crippen LogP contribution in [0.25, 0.3) is 0 Å². The summed E-state index contributed by atoms with van der Waals surface area (Å²) in [6, 6.07) is -0.654. The van der Waals surface area contributed by atoms with Crippen LogP contribution in [0.1, 0.15) is 33.6 Å². The Morgan fingerprint density at radius 2 is 2.00 bits per heavy atom. The first-order valence-corrected chi connectivity index (χ1v) is 6.51. The number of rotatable bonds is 1. The zero-order valence-electron chi connectivity index (χ0n) is 10.8. The van der Waals surface area contributed by atoms with E-state index < -0.39 is 23.7 Å². The molecule has 2 aliphatic heterocycles. The maximum Gasteiger partial charge on any atom is 0.411 e. The van der Waals surface area contributed by atoms with Crippen LogP contribution < -0.4 is 0 Å². The van der Waals surface area contributed by atoms with Crippen molar-refractivity contribution in [2.75, 3.05) is 0 Å². The van der Waals surface area contributed by atoms with Crippen molar-refractivity contribution < 1.29 is 19.4 Å². The van der Waals surface area contributed by atoms with Gasteiger partial charge in [-0.25, -0.2) is 9.59 Å². The molecule has 5 aliphatic rings. The number of amides is 1. The Hall–Kier alpha value is -1.26. The molecule has 5 heteroatoms. The highest BCUT2D eigenvalue weighted by Gasteiger charge is 3.05. The molecule has 0 aromatic carbocycles. The van der Waals surface area contributed by atoms with Gasteiger partial charge in [-0.05, 0) is 39.5 Å². The van der Waals surface area contributed by atoms with Gasteiger partial charge in [-0.2, -0.15) is 0 Å². The van der Waals surface area contributed by atoms with Crippen molar-refractivity contribution in [3.8, 4) is 0 Å². The van der Waals surface area contributed by atoms with Gasteiger partial charge in [-0.3, -0.25) is 4.90 Å². The lowest BCUT2D eigenvalue weighted by molar-refractivity contribution is -0.143. The van der Waals surface area contributed by atoms with Crippen molar-refractivity contribution in [3.05, 3.63) is 0 Å². The van der Waals surface area contributed by atoms with E-state index in [9.17, 15) is 14.7 Å². The molecule has 0 aromatic heterocycles. The van der Waals surface area contributed by atoms with Gasteiger partial charge in [-0.15, -0.1) is 0 Å². The minimum Gasteiger partial charge on any atom is -0.480 e. The lowest BCUT2D eigenvalue weighted by Gasteiger charge is -2.36. The second kappa shape index (κ2) is 2.40. The molecule has 5 rings (SSSR count). The van der Waals surface area contributed by atoms with Gasteiger partial charge in [0.2, 0.25) is 0 Å². The first kappa shape index (κ1) is 10.6. The van der Waals surface area contributed by atoms with E-state index in [0.717, 1.165) is 12.8 Å². The number of hydrogen-bond acceptors (Lipinski definition) is 3. The van der Waals surface area contributed by atoms with E-state index in [2.05, 4.69) is 0 Å². The van der Waals surface area contributed by atoms with E-state index in [1.54, 1.807) is 4.90 Å². The predicted octanol–water partition coefficient (Wildman–Crippen LogP) is 1.47. The van der Waals surface area contributed by atoms with Gasteiger partial charge in [-0.1, -0.05) is 0 Å². The van der Waals surface area contributed by atoms with Gasteiger partial charge < -0.3 is 9.84 Å². The standard InChI is InChI=1S/C13H17NO4/c1-11(2,3)18-10(17)14-8(9(15)16)6-4-13(14)7-5-12(6,7)13/h6-8H,4-5H2,1-3H3,(H,15,16). The van der Waals surface area contributed by atoms with Crippen molar-refractivity contribution in [2.45, 2.75) is 50.8 Å². The van der Waals surface area contributed by atoms with Crippen LogP contribution in [0.2, 0.25) is 0 Å². The molecule has 5 atom stereocenters. The van der Waals surface area contributed by atoms with Crippen LogP contribution in [0.15, 0.2) is 0 Å². The fourth-order valence-electron chi connectivity index (χ4n) is 4.82. The van der Waals surface area contributed by atoms with E-state index in [-0.39, 0.29) is 16.9 Å². The zero-order chi connectivity index (χ0) is 13.1. The number of carboxylic acids is 1. The Morgan fingerprint density at radius 3 is 2.44 bits per heavy atom. The number of carbonyl (C=O) groups excluding carboxylic acids is 1. The summed E-state index contributed by atoms with van der Waals surface area (Å²) in [6.45, 7) is 5.42. The monoisotopic (exact) mass is 251 g/mol. The Bertz CT molecular complexity index is 496. The highest BCUT2D eigenvalue weighted by Crippen LogP contribution is 3.00. The van der Waals surface area contributed by atoms with Gasteiger partial charge in [0.05, 0.1) is 5.54 Å². The summed E-state index contributed by atoms with van der Waals surface area (Å²) in [5.41, 5.74) is -0.508. The molecule has 1 amide bonds. The van der Waals surface area contributed by atoms with Crippen molar-refractivity contribution in [1.29, 1.82) is 0 Å². The van der Waals surface area contributed by atoms with Gasteiger partial charge in [0.1, 0.15) is 11.6 Å². The SMILES string of the molecule is CC(C)(C)OC(=O)N1C(C(=O)O)C2CC13C1CC213. The topological polar surface area (TPSA) is 66.8 Å². The van der Waals surface area contributed by atoms with E-state index in [1.165, 1.54) is 0 Å². The Labute approximate surface area is 105 Å². The van der Waals surface area contributed by atoms with Gasteiger partial charge in [0.15, 0.2) is 0 Å². The molecule has 18 heavy (non-hydrogen) atoms. The lowest BCUT2D eigenvalue weighted by Crippen LogP contribution is -2.49. The van der Waals surface area contributed by atoms with Gasteiger partial charge in [0.25, 0.3) is 0 Å². The molecule has 1 N–H and O–H groups in total. The zero-order valence-corrected chi connectivity index (χ0v) is 10.8. The van der Waals surface area contributed by atoms with E-state index in [0.29, 0.717) is 5.92 Å². The fourth-order valence-corrected chi connectivity index (χ4v) is 4.82. The number of piperidine rings is 1. The normalized spacial score (nSPS) is 49.9. The lowest BCUT2D eigenvalue weighted by atomic mass is 9.71. The first-order chi connectivity index (χ1) is 8.26. The number of aliphatic carboxylic acids is 1. The minimum absolute atomic E-state index is 0.122. The third-order valence-electron chi connectivity index (χ3n) is 5.43. The summed E-state index contributed by atoms with van der Waals surface area (Å²) < 4.78 is 5.38. The van der Waals surface area contributed by atoms with E-state index in [4.69, 9.17) is 4.74 Å². The molecule has 3 saturated carbocycles. The van der Waals surface area contributed by atoms with Crippen LogP contribution in [0.3, 0.4) is 0 Å². The molecule has 2 spiro atoms. The van der Waals surface area contributed by atoms with Gasteiger partial charge in [0, 0.05) is 11.3 Å². The quantitative estimate of drug-likeness (QED) is 0.766. The second-order valence-electron chi connectivity index (χ2n) is 7.17. The van der Waals surface area contributed by atoms with Crippen LogP contribution in [0, 0.1) is 17.3 Å². The third kappa shape index (κ3) is 0.806. The molecule has 2 bridgehead atoms. The van der Waals surface area contributed by atoms with Gasteiger partial charge >= 0.3 is 12.1 Å². The van der Waals surface area contributed by atoms with Crippen molar-refractivity contribution in [2.24, 2.45) is 17.3 Å².